The van der Waals surface area contributed by atoms with E-state index in [1.54, 1.807) is 18.7 Å². The molecule has 24 heavy (non-hydrogen) atoms. The number of nitrogens with zero attached hydrogens (tertiary/aromatic N) is 3. The number of aryl methyl sites for hydroxylation is 3. The van der Waals surface area contributed by atoms with Crippen molar-refractivity contribution < 1.29 is 13.8 Å². The summed E-state index contributed by atoms with van der Waals surface area (Å²) in [6.45, 7) is 5.57. The lowest BCUT2D eigenvalue weighted by atomic mass is 9.96. The van der Waals surface area contributed by atoms with Crippen LogP contribution in [-0.2, 0) is 16.1 Å². The molecular weight excluding hydrogens is 328 g/mol. The van der Waals surface area contributed by atoms with Crippen molar-refractivity contribution in [1.82, 2.24) is 20.6 Å². The van der Waals surface area contributed by atoms with Crippen LogP contribution >= 0.6 is 11.8 Å². The molecule has 2 aromatic rings. The van der Waals surface area contributed by atoms with Gasteiger partial charge in [0.25, 0.3) is 0 Å². The number of amides is 1. The average Bonchev–Trinajstić information content (AvgIpc) is 3.24. The Hall–Kier alpha value is -1.83. The van der Waals surface area contributed by atoms with Gasteiger partial charge in [0.1, 0.15) is 11.3 Å². The van der Waals surface area contributed by atoms with Crippen LogP contribution in [-0.4, -0.2) is 27.0 Å². The topological polar surface area (TPSA) is 94.1 Å². The van der Waals surface area contributed by atoms with Gasteiger partial charge >= 0.3 is 0 Å². The number of carbonyl (C=O) groups is 1. The zero-order chi connectivity index (χ0) is 17.2. The maximum absolute atomic E-state index is 12.4. The highest BCUT2D eigenvalue weighted by molar-refractivity contribution is 7.99. The molecule has 1 saturated carbocycles. The minimum absolute atomic E-state index is 0.00360. The summed E-state index contributed by atoms with van der Waals surface area (Å²) in [5.41, 5.74) is 1.48. The zero-order valence-electron chi connectivity index (χ0n) is 14.2. The van der Waals surface area contributed by atoms with Crippen LogP contribution in [0.1, 0.15) is 54.4 Å². The maximum atomic E-state index is 12.4. The standard InChI is InChI=1S/C16H22N4O3S/c1-10-13(11(2)22-19-10)8-24-9-14(21)18-16(6-4-5-7-16)15-17-12(3)23-20-15/h4-9H2,1-3H3,(H,18,21). The lowest BCUT2D eigenvalue weighted by Crippen LogP contribution is -2.45. The van der Waals surface area contributed by atoms with Gasteiger partial charge in [-0.3, -0.25) is 4.79 Å². The summed E-state index contributed by atoms with van der Waals surface area (Å²) in [6, 6.07) is 0. The summed E-state index contributed by atoms with van der Waals surface area (Å²) < 4.78 is 10.3. The van der Waals surface area contributed by atoms with Gasteiger partial charge in [-0.15, -0.1) is 11.8 Å². The van der Waals surface area contributed by atoms with Gasteiger partial charge in [-0.2, -0.15) is 4.98 Å². The molecule has 7 nitrogen and oxygen atoms in total. The Kier molecular flexibility index (Phi) is 4.93. The van der Waals surface area contributed by atoms with Gasteiger partial charge in [-0.1, -0.05) is 23.2 Å². The van der Waals surface area contributed by atoms with Gasteiger partial charge in [0.05, 0.1) is 11.4 Å². The molecule has 0 aromatic carbocycles. The van der Waals surface area contributed by atoms with Crippen LogP contribution in [0.4, 0.5) is 0 Å². The first-order valence-electron chi connectivity index (χ1n) is 8.11. The molecule has 3 rings (SSSR count). The second-order valence-corrected chi connectivity index (χ2v) is 7.26. The zero-order valence-corrected chi connectivity index (χ0v) is 15.0. The van der Waals surface area contributed by atoms with E-state index in [0.29, 0.717) is 23.2 Å². The summed E-state index contributed by atoms with van der Waals surface area (Å²) >= 11 is 1.55. The van der Waals surface area contributed by atoms with Crippen molar-refractivity contribution in [2.45, 2.75) is 57.7 Å². The summed E-state index contributed by atoms with van der Waals surface area (Å²) in [5, 5.41) is 11.1. The van der Waals surface area contributed by atoms with Gasteiger partial charge in [-0.05, 0) is 26.7 Å². The molecular formula is C16H22N4O3S. The second kappa shape index (κ2) is 6.96. The highest BCUT2D eigenvalue weighted by Gasteiger charge is 2.41. The van der Waals surface area contributed by atoms with Crippen molar-refractivity contribution in [3.8, 4) is 0 Å². The fraction of sp³-hybridized carbons (Fsp3) is 0.625. The third-order valence-electron chi connectivity index (χ3n) is 4.45. The Morgan fingerprint density at radius 1 is 1.21 bits per heavy atom. The van der Waals surface area contributed by atoms with Gasteiger partial charge in [0, 0.05) is 18.2 Å². The molecule has 0 spiro atoms. The van der Waals surface area contributed by atoms with Crippen LogP contribution in [0.2, 0.25) is 0 Å². The Labute approximate surface area is 144 Å². The normalized spacial score (nSPS) is 16.5. The Bertz CT molecular complexity index is 699. The molecule has 2 heterocycles. The van der Waals surface area contributed by atoms with Crippen molar-refractivity contribution in [2.24, 2.45) is 0 Å². The van der Waals surface area contributed by atoms with E-state index in [1.165, 1.54) is 0 Å². The highest BCUT2D eigenvalue weighted by atomic mass is 32.2. The van der Waals surface area contributed by atoms with E-state index in [0.717, 1.165) is 42.7 Å². The van der Waals surface area contributed by atoms with Crippen LogP contribution < -0.4 is 5.32 Å². The minimum atomic E-state index is -0.474. The van der Waals surface area contributed by atoms with Gasteiger partial charge < -0.3 is 14.4 Å². The van der Waals surface area contributed by atoms with E-state index in [4.69, 9.17) is 9.05 Å². The SMILES string of the molecule is Cc1nc(C2(NC(=O)CSCc3c(C)noc3C)CCCC2)no1. The third kappa shape index (κ3) is 3.48. The number of hydrogen-bond donors (Lipinski definition) is 1. The first-order valence-corrected chi connectivity index (χ1v) is 9.27. The maximum Gasteiger partial charge on any atom is 0.230 e. The number of aromatic nitrogens is 3. The van der Waals surface area contributed by atoms with Crippen LogP contribution in [0.5, 0.6) is 0 Å². The van der Waals surface area contributed by atoms with Gasteiger partial charge in [0.2, 0.25) is 11.8 Å². The first kappa shape index (κ1) is 17.0. The first-order chi connectivity index (χ1) is 11.5. The molecule has 0 atom stereocenters. The Balaban J connectivity index is 1.59. The van der Waals surface area contributed by atoms with Crippen LogP contribution in [0.3, 0.4) is 0 Å². The molecule has 1 amide bonds. The van der Waals surface area contributed by atoms with Crippen molar-refractivity contribution in [1.29, 1.82) is 0 Å². The summed E-state index contributed by atoms with van der Waals surface area (Å²) in [7, 11) is 0. The molecule has 8 heteroatoms. The van der Waals surface area contributed by atoms with E-state index < -0.39 is 5.54 Å². The number of rotatable bonds is 6. The molecule has 0 unspecified atom stereocenters. The quantitative estimate of drug-likeness (QED) is 0.856. The molecule has 0 radical (unpaired) electrons. The van der Waals surface area contributed by atoms with E-state index in [-0.39, 0.29) is 5.91 Å². The lowest BCUT2D eigenvalue weighted by molar-refractivity contribution is -0.120. The lowest BCUT2D eigenvalue weighted by Gasteiger charge is -2.26. The van der Waals surface area contributed by atoms with Crippen molar-refractivity contribution in [3.63, 3.8) is 0 Å². The second-order valence-electron chi connectivity index (χ2n) is 6.27. The molecule has 0 aliphatic heterocycles. The fourth-order valence-corrected chi connectivity index (χ4v) is 4.11. The summed E-state index contributed by atoms with van der Waals surface area (Å²) in [4.78, 5) is 16.8. The van der Waals surface area contributed by atoms with Crippen LogP contribution in [0.15, 0.2) is 9.05 Å². The highest BCUT2D eigenvalue weighted by Crippen LogP contribution is 2.37. The van der Waals surface area contributed by atoms with Crippen molar-refractivity contribution >= 4 is 17.7 Å². The molecule has 130 valence electrons. The fourth-order valence-electron chi connectivity index (χ4n) is 3.13. The Morgan fingerprint density at radius 2 is 1.96 bits per heavy atom. The van der Waals surface area contributed by atoms with Gasteiger partial charge in [-0.25, -0.2) is 0 Å². The van der Waals surface area contributed by atoms with E-state index in [9.17, 15) is 4.79 Å². The van der Waals surface area contributed by atoms with E-state index in [1.807, 2.05) is 13.8 Å². The van der Waals surface area contributed by atoms with Crippen LogP contribution in [0.25, 0.3) is 0 Å². The molecule has 0 saturated heterocycles. The predicted molar refractivity (Wildman–Crippen MR) is 89.5 cm³/mol. The molecule has 1 aliphatic rings. The van der Waals surface area contributed by atoms with Crippen molar-refractivity contribution in [2.75, 3.05) is 5.75 Å². The minimum Gasteiger partial charge on any atom is -0.361 e. The Morgan fingerprint density at radius 3 is 2.54 bits per heavy atom. The summed E-state index contributed by atoms with van der Waals surface area (Å²) in [5.74, 6) is 3.02. The summed E-state index contributed by atoms with van der Waals surface area (Å²) in [6.07, 6.45) is 3.82. The van der Waals surface area contributed by atoms with Gasteiger partial charge in [0.15, 0.2) is 5.82 Å². The third-order valence-corrected chi connectivity index (χ3v) is 5.41. The number of thioether (sulfide) groups is 1. The monoisotopic (exact) mass is 350 g/mol. The largest absolute Gasteiger partial charge is 0.361 e. The molecule has 0 bridgehead atoms. The number of nitrogens with one attached hydrogen (secondary N) is 1. The molecule has 2 aromatic heterocycles. The predicted octanol–water partition coefficient (Wildman–Crippen LogP) is 2.80. The number of carbonyl (C=O) groups excluding carboxylic acids is 1. The van der Waals surface area contributed by atoms with E-state index >= 15 is 0 Å². The number of hydrogen-bond acceptors (Lipinski definition) is 7. The average molecular weight is 350 g/mol. The van der Waals surface area contributed by atoms with E-state index in [2.05, 4.69) is 20.6 Å². The smallest absolute Gasteiger partial charge is 0.230 e. The van der Waals surface area contributed by atoms with Crippen LogP contribution in [0, 0.1) is 20.8 Å². The molecule has 1 N–H and O–H groups in total. The molecule has 1 fully saturated rings. The molecule has 1 aliphatic carbocycles. The van der Waals surface area contributed by atoms with Crippen molar-refractivity contribution in [3.05, 3.63) is 28.7 Å².